The van der Waals surface area contributed by atoms with Gasteiger partial charge in [-0.05, 0) is 41.5 Å². The van der Waals surface area contributed by atoms with E-state index in [2.05, 4.69) is 11.0 Å². The van der Waals surface area contributed by atoms with Crippen molar-refractivity contribution in [3.8, 4) is 0 Å². The molecule has 0 unspecified atom stereocenters. The van der Waals surface area contributed by atoms with Gasteiger partial charge >= 0.3 is 9.05 Å². The highest BCUT2D eigenvalue weighted by molar-refractivity contribution is 6.53. The van der Waals surface area contributed by atoms with Gasteiger partial charge in [0.2, 0.25) is 0 Å². The predicted octanol–water partition coefficient (Wildman–Crippen LogP) is 2.38. The Morgan fingerprint density at radius 2 is 1.26 bits per heavy atom. The monoisotopic (exact) mass is 290 g/mol. The second-order valence-corrected chi connectivity index (χ2v) is 5.70. The first kappa shape index (κ1) is 18.1. The third-order valence-corrected chi connectivity index (χ3v) is 4.17. The van der Waals surface area contributed by atoms with Gasteiger partial charge in [0.25, 0.3) is 0 Å². The molecular formula is C12H26N2O4Si. The molecule has 0 aliphatic heterocycles. The minimum Gasteiger partial charge on any atom is -0.349 e. The van der Waals surface area contributed by atoms with Crippen LogP contribution < -0.4 is 11.0 Å². The molecule has 0 atom stereocenters. The molecule has 0 saturated heterocycles. The van der Waals surface area contributed by atoms with Crippen LogP contribution in [0, 0.1) is 0 Å². The molecule has 7 heteroatoms. The lowest BCUT2D eigenvalue weighted by molar-refractivity contribution is -0.0707. The molecule has 0 rings (SSSR count). The minimum absolute atomic E-state index is 0.430. The summed E-state index contributed by atoms with van der Waals surface area (Å²) in [5.41, 5.74) is 7.25. The van der Waals surface area contributed by atoms with Gasteiger partial charge in [-0.25, -0.2) is 9.05 Å². The normalized spacial score (nSPS) is 13.6. The van der Waals surface area contributed by atoms with Crippen LogP contribution in [-0.2, 0) is 17.9 Å². The Labute approximate surface area is 117 Å². The number of nitrogens with one attached hydrogen (secondary N) is 2. The van der Waals surface area contributed by atoms with E-state index in [1.165, 1.54) is 0 Å². The number of rotatable bonds is 10. The molecule has 0 fully saturated rings. The highest BCUT2D eigenvalue weighted by Crippen LogP contribution is 2.10. The van der Waals surface area contributed by atoms with Crippen molar-refractivity contribution in [2.45, 2.75) is 41.5 Å². The molecule has 0 radical (unpaired) electrons. The molecule has 0 bridgehead atoms. The van der Waals surface area contributed by atoms with E-state index in [9.17, 15) is 0 Å². The molecular weight excluding hydrogens is 264 g/mol. The lowest BCUT2D eigenvalue weighted by Crippen LogP contribution is -2.54. The van der Waals surface area contributed by atoms with Gasteiger partial charge in [-0.1, -0.05) is 12.2 Å². The molecule has 0 spiro atoms. The molecule has 19 heavy (non-hydrogen) atoms. The highest BCUT2D eigenvalue weighted by Gasteiger charge is 2.48. The molecule has 6 nitrogen and oxygen atoms in total. The van der Waals surface area contributed by atoms with Gasteiger partial charge in [0.05, 0.1) is 0 Å². The van der Waals surface area contributed by atoms with Crippen molar-refractivity contribution in [2.75, 3.05) is 13.2 Å². The Bertz CT molecular complexity index is 278. The zero-order chi connectivity index (χ0) is 14.7. The first-order valence-corrected chi connectivity index (χ1v) is 8.08. The van der Waals surface area contributed by atoms with Gasteiger partial charge in [-0.2, -0.15) is 0 Å². The molecule has 2 N–H and O–H groups in total. The maximum Gasteiger partial charge on any atom is 0.724 e. The summed E-state index contributed by atoms with van der Waals surface area (Å²) in [6, 6.07) is 0. The smallest absolute Gasteiger partial charge is 0.349 e. The minimum atomic E-state index is -3.26. The second kappa shape index (κ2) is 9.99. The van der Waals surface area contributed by atoms with E-state index in [-0.39, 0.29) is 0 Å². The zero-order valence-electron chi connectivity index (χ0n) is 12.7. The molecule has 0 aliphatic carbocycles. The molecule has 112 valence electrons. The quantitative estimate of drug-likeness (QED) is 0.476. The van der Waals surface area contributed by atoms with Gasteiger partial charge in [0.15, 0.2) is 0 Å². The molecule has 0 aromatic carbocycles. The fourth-order valence-electron chi connectivity index (χ4n) is 0.938. The lowest BCUT2D eigenvalue weighted by atomic mass is 10.5. The van der Waals surface area contributed by atoms with Crippen molar-refractivity contribution < 1.29 is 17.9 Å². The van der Waals surface area contributed by atoms with Crippen LogP contribution in [0.1, 0.15) is 41.5 Å². The van der Waals surface area contributed by atoms with Gasteiger partial charge in [0.1, 0.15) is 0 Å². The van der Waals surface area contributed by atoms with Crippen molar-refractivity contribution in [1.82, 2.24) is 11.0 Å². The van der Waals surface area contributed by atoms with Crippen LogP contribution >= 0.6 is 0 Å². The van der Waals surface area contributed by atoms with Crippen molar-refractivity contribution in [3.63, 3.8) is 0 Å². The van der Waals surface area contributed by atoms with Crippen LogP contribution in [0.25, 0.3) is 0 Å². The van der Waals surface area contributed by atoms with Crippen molar-refractivity contribution >= 4 is 9.05 Å². The van der Waals surface area contributed by atoms with Crippen LogP contribution in [-0.4, -0.2) is 22.3 Å². The van der Waals surface area contributed by atoms with E-state index in [1.807, 2.05) is 53.7 Å². The third-order valence-electron chi connectivity index (χ3n) is 2.18. The molecule has 0 aliphatic rings. The summed E-state index contributed by atoms with van der Waals surface area (Å²) in [7, 11) is -3.26. The first-order chi connectivity index (χ1) is 9.03. The van der Waals surface area contributed by atoms with Gasteiger partial charge in [0, 0.05) is 24.6 Å². The molecule has 0 heterocycles. The largest absolute Gasteiger partial charge is 0.724 e. The molecule has 0 saturated carbocycles. The topological polar surface area (TPSA) is 61.0 Å². The van der Waals surface area contributed by atoms with E-state index in [0.717, 1.165) is 11.4 Å². The Balaban J connectivity index is 4.74. The van der Waals surface area contributed by atoms with Crippen LogP contribution in [0.5, 0.6) is 0 Å². The van der Waals surface area contributed by atoms with E-state index >= 15 is 0 Å². The average molecular weight is 290 g/mol. The summed E-state index contributed by atoms with van der Waals surface area (Å²) in [5.74, 6) is 0. The number of hydroxylamine groups is 2. The predicted molar refractivity (Wildman–Crippen MR) is 76.3 cm³/mol. The van der Waals surface area contributed by atoms with Crippen LogP contribution in [0.15, 0.2) is 23.5 Å². The summed E-state index contributed by atoms with van der Waals surface area (Å²) in [6.07, 6.45) is 3.75. The molecule has 0 aromatic rings. The summed E-state index contributed by atoms with van der Waals surface area (Å²) in [6.45, 7) is 12.1. The summed E-state index contributed by atoms with van der Waals surface area (Å²) < 4.78 is 22.1. The van der Waals surface area contributed by atoms with Crippen LogP contribution in [0.2, 0.25) is 0 Å². The summed E-state index contributed by atoms with van der Waals surface area (Å²) in [5, 5.41) is 0. The summed E-state index contributed by atoms with van der Waals surface area (Å²) in [4.78, 5) is 0. The molecule has 0 aromatic heterocycles. The van der Waals surface area contributed by atoms with E-state index in [1.54, 1.807) is 0 Å². The van der Waals surface area contributed by atoms with Gasteiger partial charge in [-0.15, -0.1) is 0 Å². The standard InChI is InChI=1S/C12H26N2O4Si/c1-7-11(5)13-17-19(15-9-3,16-10-4)18-14-12(6)8-2/h7-8,13-14H,9-10H2,1-6H3. The maximum atomic E-state index is 5.55. The van der Waals surface area contributed by atoms with Crippen molar-refractivity contribution in [2.24, 2.45) is 0 Å². The molecule has 0 amide bonds. The second-order valence-electron chi connectivity index (χ2n) is 3.72. The SMILES string of the molecule is CC=C(C)NO[Si](OCC)(OCC)ONC(C)=CC. The Kier molecular flexibility index (Phi) is 9.53. The van der Waals surface area contributed by atoms with E-state index < -0.39 is 9.05 Å². The number of hydrogen-bond donors (Lipinski definition) is 2. The number of allylic oxidation sites excluding steroid dienone is 4. The van der Waals surface area contributed by atoms with E-state index in [4.69, 9.17) is 17.9 Å². The van der Waals surface area contributed by atoms with E-state index in [0.29, 0.717) is 13.2 Å². The van der Waals surface area contributed by atoms with Gasteiger partial charge in [-0.3, -0.25) is 11.0 Å². The fraction of sp³-hybridized carbons (Fsp3) is 0.667. The van der Waals surface area contributed by atoms with Crippen LogP contribution in [0.3, 0.4) is 0 Å². The Hall–Kier alpha value is -0.863. The lowest BCUT2D eigenvalue weighted by Gasteiger charge is -2.27. The Morgan fingerprint density at radius 1 is 0.895 bits per heavy atom. The number of hydrogen-bond acceptors (Lipinski definition) is 6. The van der Waals surface area contributed by atoms with Crippen LogP contribution in [0.4, 0.5) is 0 Å². The maximum absolute atomic E-state index is 5.55. The Morgan fingerprint density at radius 3 is 1.53 bits per heavy atom. The fourth-order valence-corrected chi connectivity index (χ4v) is 2.58. The first-order valence-electron chi connectivity index (χ1n) is 6.45. The zero-order valence-corrected chi connectivity index (χ0v) is 13.7. The van der Waals surface area contributed by atoms with Crippen molar-refractivity contribution in [1.29, 1.82) is 0 Å². The summed E-state index contributed by atoms with van der Waals surface area (Å²) >= 11 is 0. The third kappa shape index (κ3) is 7.33. The van der Waals surface area contributed by atoms with Gasteiger partial charge < -0.3 is 8.85 Å². The average Bonchev–Trinajstić information content (AvgIpc) is 2.42. The highest BCUT2D eigenvalue weighted by atomic mass is 28.4. The van der Waals surface area contributed by atoms with Crippen molar-refractivity contribution in [3.05, 3.63) is 23.5 Å².